The van der Waals surface area contributed by atoms with E-state index in [4.69, 9.17) is 4.74 Å². The van der Waals surface area contributed by atoms with Crippen molar-refractivity contribution in [3.63, 3.8) is 0 Å². The van der Waals surface area contributed by atoms with Crippen molar-refractivity contribution in [2.24, 2.45) is 0 Å². The standard InChI is InChI=1S/C9H10N6O3/c1-18-8-12-7(13-14-8)11-6(16)5-15-4-2-3-10-9(15)17/h2-4H,5H2,1H3,(H2,11,12,13,14,16). The van der Waals surface area contributed by atoms with Crippen LogP contribution in [0.5, 0.6) is 6.01 Å². The predicted octanol–water partition coefficient (Wildman–Crippen LogP) is -0.991. The fourth-order valence-electron chi connectivity index (χ4n) is 1.23. The molecular weight excluding hydrogens is 240 g/mol. The lowest BCUT2D eigenvalue weighted by molar-refractivity contribution is -0.116. The number of carbonyl (C=O) groups excluding carboxylic acids is 1. The SMILES string of the molecule is COc1n[nH]c(NC(=O)Cn2cccnc2=O)n1. The van der Waals surface area contributed by atoms with E-state index in [1.54, 1.807) is 6.07 Å². The second kappa shape index (κ2) is 5.08. The highest BCUT2D eigenvalue weighted by molar-refractivity contribution is 5.88. The summed E-state index contributed by atoms with van der Waals surface area (Å²) in [6, 6.07) is 1.68. The Morgan fingerprint density at radius 2 is 2.44 bits per heavy atom. The lowest BCUT2D eigenvalue weighted by atomic mass is 10.5. The van der Waals surface area contributed by atoms with Crippen molar-refractivity contribution in [1.29, 1.82) is 0 Å². The number of amides is 1. The number of methoxy groups -OCH3 is 1. The van der Waals surface area contributed by atoms with Crippen LogP contribution in [0.2, 0.25) is 0 Å². The van der Waals surface area contributed by atoms with Crippen LogP contribution in [-0.2, 0) is 11.3 Å². The first-order chi connectivity index (χ1) is 8.69. The summed E-state index contributed by atoms with van der Waals surface area (Å²) in [6.07, 6.45) is 2.83. The molecule has 0 saturated heterocycles. The molecule has 0 bridgehead atoms. The fraction of sp³-hybridized carbons (Fsp3) is 0.222. The van der Waals surface area contributed by atoms with Gasteiger partial charge in [0.1, 0.15) is 6.54 Å². The first kappa shape index (κ1) is 11.8. The number of hydrogen-bond donors (Lipinski definition) is 2. The molecular formula is C9H10N6O3. The van der Waals surface area contributed by atoms with E-state index in [0.717, 1.165) is 0 Å². The Hall–Kier alpha value is -2.71. The maximum atomic E-state index is 11.6. The second-order valence-corrected chi connectivity index (χ2v) is 3.25. The topological polar surface area (TPSA) is 115 Å². The average Bonchev–Trinajstić information content (AvgIpc) is 2.80. The number of rotatable bonds is 4. The van der Waals surface area contributed by atoms with Crippen LogP contribution in [0.4, 0.5) is 5.95 Å². The number of ether oxygens (including phenoxy) is 1. The monoisotopic (exact) mass is 250 g/mol. The first-order valence-corrected chi connectivity index (χ1v) is 4.97. The number of carbonyl (C=O) groups is 1. The Labute approximate surface area is 101 Å². The van der Waals surface area contributed by atoms with E-state index in [9.17, 15) is 9.59 Å². The molecule has 0 radical (unpaired) electrons. The van der Waals surface area contributed by atoms with Crippen molar-refractivity contribution >= 4 is 11.9 Å². The molecule has 9 nitrogen and oxygen atoms in total. The van der Waals surface area contributed by atoms with Gasteiger partial charge in [0.25, 0.3) is 0 Å². The molecule has 0 unspecified atom stereocenters. The number of anilines is 1. The molecule has 0 aliphatic carbocycles. The summed E-state index contributed by atoms with van der Waals surface area (Å²) in [5, 5.41) is 8.56. The van der Waals surface area contributed by atoms with Crippen LogP contribution < -0.4 is 15.7 Å². The van der Waals surface area contributed by atoms with Crippen molar-refractivity contribution in [3.05, 3.63) is 28.9 Å². The van der Waals surface area contributed by atoms with Crippen LogP contribution in [0.3, 0.4) is 0 Å². The molecule has 2 heterocycles. The van der Waals surface area contributed by atoms with E-state index < -0.39 is 11.6 Å². The Kier molecular flexibility index (Phi) is 3.32. The molecule has 2 aromatic rings. The van der Waals surface area contributed by atoms with Crippen LogP contribution in [0, 0.1) is 0 Å². The molecule has 0 aliphatic heterocycles. The van der Waals surface area contributed by atoms with Gasteiger partial charge in [-0.05, 0) is 6.07 Å². The smallest absolute Gasteiger partial charge is 0.347 e. The Balaban J connectivity index is 2.01. The number of nitrogens with one attached hydrogen (secondary N) is 2. The zero-order valence-corrected chi connectivity index (χ0v) is 9.45. The van der Waals surface area contributed by atoms with Crippen molar-refractivity contribution < 1.29 is 9.53 Å². The summed E-state index contributed by atoms with van der Waals surface area (Å²) in [6.45, 7) is -0.157. The highest BCUT2D eigenvalue weighted by Crippen LogP contribution is 2.04. The molecule has 0 saturated carbocycles. The molecule has 0 fully saturated rings. The largest absolute Gasteiger partial charge is 0.466 e. The van der Waals surface area contributed by atoms with E-state index in [1.807, 2.05) is 0 Å². The van der Waals surface area contributed by atoms with Gasteiger partial charge in [-0.3, -0.25) is 14.7 Å². The minimum absolute atomic E-state index is 0.115. The predicted molar refractivity (Wildman–Crippen MR) is 60.1 cm³/mol. The van der Waals surface area contributed by atoms with Crippen LogP contribution >= 0.6 is 0 Å². The van der Waals surface area contributed by atoms with Gasteiger partial charge in [0.05, 0.1) is 7.11 Å². The van der Waals surface area contributed by atoms with Crippen molar-refractivity contribution in [1.82, 2.24) is 24.7 Å². The quantitative estimate of drug-likeness (QED) is 0.719. The molecule has 1 amide bonds. The molecule has 18 heavy (non-hydrogen) atoms. The highest BCUT2D eigenvalue weighted by Gasteiger charge is 2.08. The minimum Gasteiger partial charge on any atom is -0.466 e. The lowest BCUT2D eigenvalue weighted by Crippen LogP contribution is -2.28. The molecule has 0 spiro atoms. The maximum Gasteiger partial charge on any atom is 0.347 e. The van der Waals surface area contributed by atoms with Gasteiger partial charge < -0.3 is 4.74 Å². The summed E-state index contributed by atoms with van der Waals surface area (Å²) >= 11 is 0. The molecule has 2 rings (SSSR count). The summed E-state index contributed by atoms with van der Waals surface area (Å²) in [4.78, 5) is 30.2. The van der Waals surface area contributed by atoms with Gasteiger partial charge in [-0.1, -0.05) is 0 Å². The zero-order chi connectivity index (χ0) is 13.0. The molecule has 2 N–H and O–H groups in total. The van der Waals surface area contributed by atoms with Gasteiger partial charge in [-0.15, -0.1) is 5.10 Å². The third-order valence-corrected chi connectivity index (χ3v) is 2.00. The minimum atomic E-state index is -0.497. The normalized spacial score (nSPS) is 10.1. The van der Waals surface area contributed by atoms with Crippen LogP contribution in [0.25, 0.3) is 0 Å². The summed E-state index contributed by atoms with van der Waals surface area (Å²) in [5.74, 6) is -0.280. The Morgan fingerprint density at radius 1 is 1.61 bits per heavy atom. The number of aromatic amines is 1. The molecule has 0 aliphatic rings. The van der Waals surface area contributed by atoms with E-state index in [-0.39, 0.29) is 18.5 Å². The van der Waals surface area contributed by atoms with Gasteiger partial charge in [0.2, 0.25) is 11.9 Å². The maximum absolute atomic E-state index is 11.6. The van der Waals surface area contributed by atoms with Crippen molar-refractivity contribution in [2.45, 2.75) is 6.54 Å². The van der Waals surface area contributed by atoms with E-state index in [2.05, 4.69) is 25.5 Å². The molecule has 0 aromatic carbocycles. The number of H-pyrrole nitrogens is 1. The van der Waals surface area contributed by atoms with Gasteiger partial charge in [-0.25, -0.2) is 14.9 Å². The van der Waals surface area contributed by atoms with E-state index >= 15 is 0 Å². The molecule has 2 aromatic heterocycles. The van der Waals surface area contributed by atoms with Crippen LogP contribution in [0.15, 0.2) is 23.3 Å². The Morgan fingerprint density at radius 3 is 3.11 bits per heavy atom. The molecule has 0 atom stereocenters. The third kappa shape index (κ3) is 2.70. The van der Waals surface area contributed by atoms with Gasteiger partial charge in [-0.2, -0.15) is 4.98 Å². The van der Waals surface area contributed by atoms with E-state index in [0.29, 0.717) is 0 Å². The first-order valence-electron chi connectivity index (χ1n) is 4.97. The zero-order valence-electron chi connectivity index (χ0n) is 9.45. The van der Waals surface area contributed by atoms with Crippen molar-refractivity contribution in [2.75, 3.05) is 12.4 Å². The van der Waals surface area contributed by atoms with E-state index in [1.165, 1.54) is 24.1 Å². The lowest BCUT2D eigenvalue weighted by Gasteiger charge is -2.03. The summed E-state index contributed by atoms with van der Waals surface area (Å²) in [5.41, 5.74) is -0.497. The van der Waals surface area contributed by atoms with Gasteiger partial charge in [0.15, 0.2) is 0 Å². The van der Waals surface area contributed by atoms with Gasteiger partial charge in [0, 0.05) is 12.4 Å². The van der Waals surface area contributed by atoms with Crippen molar-refractivity contribution in [3.8, 4) is 6.01 Å². The van der Waals surface area contributed by atoms with Gasteiger partial charge >= 0.3 is 11.7 Å². The Bertz CT molecular complexity index is 604. The number of nitrogens with zero attached hydrogens (tertiary/aromatic N) is 4. The molecule has 94 valence electrons. The average molecular weight is 250 g/mol. The number of aromatic nitrogens is 5. The number of hydrogen-bond acceptors (Lipinski definition) is 6. The summed E-state index contributed by atoms with van der Waals surface area (Å²) in [7, 11) is 1.41. The van der Waals surface area contributed by atoms with Crippen LogP contribution in [0.1, 0.15) is 0 Å². The third-order valence-electron chi connectivity index (χ3n) is 2.00. The van der Waals surface area contributed by atoms with Crippen LogP contribution in [-0.4, -0.2) is 37.7 Å². The second-order valence-electron chi connectivity index (χ2n) is 3.25. The fourth-order valence-corrected chi connectivity index (χ4v) is 1.23. The summed E-state index contributed by atoms with van der Waals surface area (Å²) < 4.78 is 5.91. The molecule has 9 heteroatoms. The highest BCUT2D eigenvalue weighted by atomic mass is 16.5.